The fraction of sp³-hybridized carbons (Fsp3) is 0.0909. The summed E-state index contributed by atoms with van der Waals surface area (Å²) in [6.45, 7) is 0.125. The molecule has 4 nitrogen and oxygen atoms in total. The molecule has 3 aromatic carbocycles. The zero-order valence-electron chi connectivity index (χ0n) is 15.4. The van der Waals surface area contributed by atoms with Crippen molar-refractivity contribution in [2.75, 3.05) is 5.73 Å². The molecule has 0 saturated heterocycles. The third-order valence-electron chi connectivity index (χ3n) is 4.47. The minimum atomic E-state index is -4.36. The van der Waals surface area contributed by atoms with Crippen molar-refractivity contribution in [1.82, 2.24) is 9.97 Å². The molecular weight excluding hydrogens is 415 g/mol. The van der Waals surface area contributed by atoms with E-state index >= 15 is 0 Å². The standard InChI is InChI=1S/C22H15ClF3N3O/c23-16-8-9-19-18(11-16)20(29-21(27)28-19)14-2-1-3-17(10-14)30-12-13-4-6-15(7-5-13)22(24,25)26/h1-11H,12H2,(H2,27,28,29). The van der Waals surface area contributed by atoms with E-state index in [4.69, 9.17) is 22.1 Å². The predicted octanol–water partition coefficient (Wildman–Crippen LogP) is 6.13. The Bertz CT molecular complexity index is 1210. The van der Waals surface area contributed by atoms with Gasteiger partial charge in [0.25, 0.3) is 0 Å². The minimum absolute atomic E-state index is 0.125. The van der Waals surface area contributed by atoms with Gasteiger partial charge in [-0.1, -0.05) is 35.9 Å². The maximum absolute atomic E-state index is 12.7. The van der Waals surface area contributed by atoms with Crippen LogP contribution < -0.4 is 10.5 Å². The number of alkyl halides is 3. The molecule has 0 radical (unpaired) electrons. The van der Waals surface area contributed by atoms with E-state index in [0.29, 0.717) is 27.5 Å². The van der Waals surface area contributed by atoms with E-state index in [9.17, 15) is 13.2 Å². The molecule has 0 amide bonds. The highest BCUT2D eigenvalue weighted by molar-refractivity contribution is 6.31. The molecule has 2 N–H and O–H groups in total. The molecule has 0 spiro atoms. The lowest BCUT2D eigenvalue weighted by molar-refractivity contribution is -0.137. The van der Waals surface area contributed by atoms with Gasteiger partial charge in [-0.3, -0.25) is 0 Å². The van der Waals surface area contributed by atoms with Gasteiger partial charge in [0.15, 0.2) is 0 Å². The Morgan fingerprint density at radius 3 is 2.43 bits per heavy atom. The van der Waals surface area contributed by atoms with Gasteiger partial charge in [-0.25, -0.2) is 9.97 Å². The summed E-state index contributed by atoms with van der Waals surface area (Å²) >= 11 is 6.12. The van der Waals surface area contributed by atoms with Crippen molar-refractivity contribution >= 4 is 28.5 Å². The smallest absolute Gasteiger partial charge is 0.416 e. The molecule has 4 rings (SSSR count). The average Bonchev–Trinajstić information content (AvgIpc) is 2.72. The van der Waals surface area contributed by atoms with Crippen LogP contribution in [0, 0.1) is 0 Å². The number of fused-ring (bicyclic) bond motifs is 1. The third-order valence-corrected chi connectivity index (χ3v) is 4.70. The Morgan fingerprint density at radius 1 is 0.933 bits per heavy atom. The number of nitrogen functional groups attached to an aromatic ring is 1. The molecule has 0 bridgehead atoms. The van der Waals surface area contributed by atoms with Crippen LogP contribution in [0.4, 0.5) is 19.1 Å². The Morgan fingerprint density at radius 2 is 1.70 bits per heavy atom. The number of anilines is 1. The van der Waals surface area contributed by atoms with Crippen LogP contribution in [0.5, 0.6) is 5.75 Å². The summed E-state index contributed by atoms with van der Waals surface area (Å²) in [4.78, 5) is 8.57. The van der Waals surface area contributed by atoms with Crippen LogP contribution in [-0.4, -0.2) is 9.97 Å². The number of nitrogens with two attached hydrogens (primary N) is 1. The number of benzene rings is 3. The number of aromatic nitrogens is 2. The molecule has 1 aromatic heterocycles. The molecule has 0 atom stereocenters. The maximum Gasteiger partial charge on any atom is 0.416 e. The SMILES string of the molecule is Nc1nc(-c2cccc(OCc3ccc(C(F)(F)F)cc3)c2)c2cc(Cl)ccc2n1. The summed E-state index contributed by atoms with van der Waals surface area (Å²) < 4.78 is 43.8. The molecule has 0 unspecified atom stereocenters. The molecule has 30 heavy (non-hydrogen) atoms. The van der Waals surface area contributed by atoms with Crippen molar-refractivity contribution in [2.24, 2.45) is 0 Å². The van der Waals surface area contributed by atoms with Gasteiger partial charge in [-0.2, -0.15) is 13.2 Å². The summed E-state index contributed by atoms with van der Waals surface area (Å²) in [7, 11) is 0. The molecule has 0 aliphatic heterocycles. The van der Waals surface area contributed by atoms with Gasteiger partial charge in [0.2, 0.25) is 5.95 Å². The van der Waals surface area contributed by atoms with Crippen LogP contribution in [-0.2, 0) is 12.8 Å². The Hall–Kier alpha value is -3.32. The average molecular weight is 430 g/mol. The third kappa shape index (κ3) is 4.31. The lowest BCUT2D eigenvalue weighted by Gasteiger charge is -2.11. The van der Waals surface area contributed by atoms with Gasteiger partial charge < -0.3 is 10.5 Å². The zero-order valence-corrected chi connectivity index (χ0v) is 16.2. The molecule has 152 valence electrons. The van der Waals surface area contributed by atoms with E-state index in [2.05, 4.69) is 9.97 Å². The molecule has 0 saturated carbocycles. The Kier molecular flexibility index (Phi) is 5.22. The van der Waals surface area contributed by atoms with E-state index in [1.165, 1.54) is 12.1 Å². The molecular formula is C22H15ClF3N3O. The minimum Gasteiger partial charge on any atom is -0.489 e. The normalized spacial score (nSPS) is 11.6. The Labute approximate surface area is 175 Å². The van der Waals surface area contributed by atoms with E-state index < -0.39 is 11.7 Å². The summed E-state index contributed by atoms with van der Waals surface area (Å²) in [5.74, 6) is 0.677. The van der Waals surface area contributed by atoms with Crippen LogP contribution in [0.1, 0.15) is 11.1 Å². The summed E-state index contributed by atoms with van der Waals surface area (Å²) in [5.41, 5.74) is 7.80. The van der Waals surface area contributed by atoms with Gasteiger partial charge in [0.05, 0.1) is 16.8 Å². The summed E-state index contributed by atoms with van der Waals surface area (Å²) in [6, 6.07) is 17.3. The molecule has 8 heteroatoms. The maximum atomic E-state index is 12.7. The summed E-state index contributed by atoms with van der Waals surface area (Å²) in [5, 5.41) is 1.29. The van der Waals surface area contributed by atoms with Crippen LogP contribution >= 0.6 is 11.6 Å². The molecule has 0 aliphatic carbocycles. The highest BCUT2D eigenvalue weighted by atomic mass is 35.5. The zero-order chi connectivity index (χ0) is 21.3. The number of hydrogen-bond donors (Lipinski definition) is 1. The lowest BCUT2D eigenvalue weighted by Crippen LogP contribution is -2.05. The van der Waals surface area contributed by atoms with Crippen LogP contribution in [0.25, 0.3) is 22.2 Å². The highest BCUT2D eigenvalue weighted by Crippen LogP contribution is 2.32. The lowest BCUT2D eigenvalue weighted by atomic mass is 10.1. The van der Waals surface area contributed by atoms with Crippen molar-refractivity contribution in [3.63, 3.8) is 0 Å². The van der Waals surface area contributed by atoms with E-state index in [-0.39, 0.29) is 12.6 Å². The fourth-order valence-electron chi connectivity index (χ4n) is 3.03. The van der Waals surface area contributed by atoms with Gasteiger partial charge in [-0.15, -0.1) is 0 Å². The second-order valence-electron chi connectivity index (χ2n) is 6.60. The number of nitrogens with zero attached hydrogens (tertiary/aromatic N) is 2. The topological polar surface area (TPSA) is 61.0 Å². The second-order valence-corrected chi connectivity index (χ2v) is 7.04. The number of rotatable bonds is 4. The largest absolute Gasteiger partial charge is 0.489 e. The molecule has 1 heterocycles. The van der Waals surface area contributed by atoms with Gasteiger partial charge in [0.1, 0.15) is 12.4 Å². The number of halogens is 4. The summed E-state index contributed by atoms with van der Waals surface area (Å²) in [6.07, 6.45) is -4.36. The van der Waals surface area contributed by atoms with Gasteiger partial charge in [0, 0.05) is 16.0 Å². The van der Waals surface area contributed by atoms with E-state index in [1.807, 2.05) is 6.07 Å². The quantitative estimate of drug-likeness (QED) is 0.424. The fourth-order valence-corrected chi connectivity index (χ4v) is 3.20. The molecule has 0 aliphatic rings. The first-order chi connectivity index (χ1) is 14.3. The van der Waals surface area contributed by atoms with Gasteiger partial charge >= 0.3 is 6.18 Å². The molecule has 4 aromatic rings. The van der Waals surface area contributed by atoms with E-state index in [1.54, 1.807) is 36.4 Å². The van der Waals surface area contributed by atoms with Crippen molar-refractivity contribution in [2.45, 2.75) is 12.8 Å². The van der Waals surface area contributed by atoms with Crippen molar-refractivity contribution in [1.29, 1.82) is 0 Å². The first-order valence-corrected chi connectivity index (χ1v) is 9.29. The second kappa shape index (κ2) is 7.84. The van der Waals surface area contributed by atoms with Crippen molar-refractivity contribution in [3.05, 3.63) is 82.9 Å². The molecule has 0 fully saturated rings. The van der Waals surface area contributed by atoms with Crippen LogP contribution in [0.2, 0.25) is 5.02 Å². The highest BCUT2D eigenvalue weighted by Gasteiger charge is 2.29. The van der Waals surface area contributed by atoms with Gasteiger partial charge in [-0.05, 0) is 48.0 Å². The first kappa shape index (κ1) is 20.0. The number of hydrogen-bond acceptors (Lipinski definition) is 4. The van der Waals surface area contributed by atoms with Crippen molar-refractivity contribution in [3.8, 4) is 17.0 Å². The monoisotopic (exact) mass is 429 g/mol. The van der Waals surface area contributed by atoms with Crippen LogP contribution in [0.15, 0.2) is 66.7 Å². The van der Waals surface area contributed by atoms with Crippen molar-refractivity contribution < 1.29 is 17.9 Å². The first-order valence-electron chi connectivity index (χ1n) is 8.92. The predicted molar refractivity (Wildman–Crippen MR) is 110 cm³/mol. The van der Waals surface area contributed by atoms with Crippen LogP contribution in [0.3, 0.4) is 0 Å². The van der Waals surface area contributed by atoms with E-state index in [0.717, 1.165) is 23.1 Å². The number of ether oxygens (including phenoxy) is 1. The Balaban J connectivity index is 1.59.